The smallest absolute Gasteiger partial charge is 0.254 e. The summed E-state index contributed by atoms with van der Waals surface area (Å²) in [5.74, 6) is 1.74. The van der Waals surface area contributed by atoms with Crippen LogP contribution < -0.4 is 5.32 Å². The van der Waals surface area contributed by atoms with Crippen molar-refractivity contribution in [2.45, 2.75) is 6.92 Å². The highest BCUT2D eigenvalue weighted by atomic mass is 32.2. The van der Waals surface area contributed by atoms with Crippen LogP contribution in [0.2, 0.25) is 0 Å². The van der Waals surface area contributed by atoms with E-state index in [4.69, 9.17) is 0 Å². The molecule has 1 aliphatic rings. The maximum absolute atomic E-state index is 12.5. The van der Waals surface area contributed by atoms with E-state index in [2.05, 4.69) is 11.9 Å². The molecule has 1 aliphatic heterocycles. The van der Waals surface area contributed by atoms with E-state index in [1.807, 2.05) is 29.7 Å². The SMILES string of the molecule is C=CC(=O)Nc1cccc(C(=O)N2CCSCC2)c1C. The van der Waals surface area contributed by atoms with Crippen molar-refractivity contribution in [3.8, 4) is 0 Å². The van der Waals surface area contributed by atoms with Crippen LogP contribution in [0.3, 0.4) is 0 Å². The molecular formula is C15H18N2O2S. The second kappa shape index (κ2) is 6.61. The van der Waals surface area contributed by atoms with Crippen molar-refractivity contribution in [1.29, 1.82) is 0 Å². The summed E-state index contributed by atoms with van der Waals surface area (Å²) in [6, 6.07) is 5.39. The first kappa shape index (κ1) is 14.7. The molecule has 4 nitrogen and oxygen atoms in total. The molecule has 0 saturated carbocycles. The predicted octanol–water partition coefficient (Wildman–Crippen LogP) is 2.31. The normalized spacial score (nSPS) is 14.8. The Morgan fingerprint density at radius 1 is 1.35 bits per heavy atom. The van der Waals surface area contributed by atoms with Gasteiger partial charge in [-0.05, 0) is 30.7 Å². The molecule has 1 fully saturated rings. The van der Waals surface area contributed by atoms with Crippen LogP contribution in [-0.2, 0) is 4.79 Å². The molecule has 1 heterocycles. The third kappa shape index (κ3) is 3.22. The van der Waals surface area contributed by atoms with Gasteiger partial charge in [0.25, 0.3) is 5.91 Å². The quantitative estimate of drug-likeness (QED) is 0.869. The van der Waals surface area contributed by atoms with Gasteiger partial charge < -0.3 is 10.2 Å². The van der Waals surface area contributed by atoms with Gasteiger partial charge in [0.2, 0.25) is 5.91 Å². The van der Waals surface area contributed by atoms with Gasteiger partial charge in [0.1, 0.15) is 0 Å². The molecular weight excluding hydrogens is 272 g/mol. The third-order valence-corrected chi connectivity index (χ3v) is 4.25. The minimum absolute atomic E-state index is 0.0394. The first-order valence-corrected chi connectivity index (χ1v) is 7.69. The van der Waals surface area contributed by atoms with Crippen LogP contribution in [-0.4, -0.2) is 41.3 Å². The Bertz CT molecular complexity index is 537. The van der Waals surface area contributed by atoms with Gasteiger partial charge in [-0.15, -0.1) is 0 Å². The second-order valence-corrected chi connectivity index (χ2v) is 5.80. The molecule has 0 unspecified atom stereocenters. The van der Waals surface area contributed by atoms with Crippen LogP contribution in [0.25, 0.3) is 0 Å². The van der Waals surface area contributed by atoms with Gasteiger partial charge in [-0.25, -0.2) is 0 Å². The van der Waals surface area contributed by atoms with E-state index in [1.54, 1.807) is 12.1 Å². The van der Waals surface area contributed by atoms with Gasteiger partial charge in [0, 0.05) is 35.8 Å². The number of amides is 2. The van der Waals surface area contributed by atoms with Gasteiger partial charge in [0.15, 0.2) is 0 Å². The highest BCUT2D eigenvalue weighted by Gasteiger charge is 2.20. The molecule has 0 radical (unpaired) electrons. The second-order valence-electron chi connectivity index (χ2n) is 4.58. The average molecular weight is 290 g/mol. The van der Waals surface area contributed by atoms with Crippen molar-refractivity contribution < 1.29 is 9.59 Å². The molecule has 0 bridgehead atoms. The molecule has 5 heteroatoms. The predicted molar refractivity (Wildman–Crippen MR) is 83.2 cm³/mol. The molecule has 0 atom stereocenters. The van der Waals surface area contributed by atoms with Crippen LogP contribution in [0.5, 0.6) is 0 Å². The number of anilines is 1. The Balaban J connectivity index is 2.23. The Hall–Kier alpha value is -1.75. The minimum Gasteiger partial charge on any atom is -0.337 e. The first-order valence-electron chi connectivity index (χ1n) is 6.53. The summed E-state index contributed by atoms with van der Waals surface area (Å²) in [6.45, 7) is 6.85. The van der Waals surface area contributed by atoms with Gasteiger partial charge >= 0.3 is 0 Å². The van der Waals surface area contributed by atoms with E-state index in [1.165, 1.54) is 6.08 Å². The van der Waals surface area contributed by atoms with Gasteiger partial charge in [-0.3, -0.25) is 9.59 Å². The first-order chi connectivity index (χ1) is 9.63. The van der Waals surface area contributed by atoms with E-state index in [-0.39, 0.29) is 11.8 Å². The fourth-order valence-corrected chi connectivity index (χ4v) is 3.03. The number of hydrogen-bond donors (Lipinski definition) is 1. The maximum atomic E-state index is 12.5. The van der Waals surface area contributed by atoms with Crippen molar-refractivity contribution in [3.05, 3.63) is 42.0 Å². The molecule has 1 aromatic carbocycles. The summed E-state index contributed by atoms with van der Waals surface area (Å²) in [5.41, 5.74) is 2.11. The number of rotatable bonds is 3. The van der Waals surface area contributed by atoms with Gasteiger partial charge in [-0.2, -0.15) is 11.8 Å². The Labute approximate surface area is 123 Å². The van der Waals surface area contributed by atoms with E-state index >= 15 is 0 Å². The minimum atomic E-state index is -0.271. The lowest BCUT2D eigenvalue weighted by Gasteiger charge is -2.27. The molecule has 1 saturated heterocycles. The van der Waals surface area contributed by atoms with Crippen molar-refractivity contribution >= 4 is 29.3 Å². The summed E-state index contributed by atoms with van der Waals surface area (Å²) in [7, 11) is 0. The Kier molecular flexibility index (Phi) is 4.84. The summed E-state index contributed by atoms with van der Waals surface area (Å²) < 4.78 is 0. The van der Waals surface area contributed by atoms with Crippen LogP contribution >= 0.6 is 11.8 Å². The van der Waals surface area contributed by atoms with Crippen LogP contribution in [0.1, 0.15) is 15.9 Å². The number of hydrogen-bond acceptors (Lipinski definition) is 3. The van der Waals surface area contributed by atoms with E-state index in [9.17, 15) is 9.59 Å². The standard InChI is InChI=1S/C15H18N2O2S/c1-3-14(18)16-13-6-4-5-12(11(13)2)15(19)17-7-9-20-10-8-17/h3-6H,1,7-10H2,2H3,(H,16,18). The fourth-order valence-electron chi connectivity index (χ4n) is 2.12. The molecule has 106 valence electrons. The van der Waals surface area contributed by atoms with Crippen molar-refractivity contribution in [2.75, 3.05) is 29.9 Å². The van der Waals surface area contributed by atoms with Gasteiger partial charge in [0.05, 0.1) is 0 Å². The average Bonchev–Trinajstić information content (AvgIpc) is 2.49. The number of benzene rings is 1. The number of nitrogens with one attached hydrogen (secondary N) is 1. The number of nitrogens with zero attached hydrogens (tertiary/aromatic N) is 1. The Morgan fingerprint density at radius 2 is 2.05 bits per heavy atom. The largest absolute Gasteiger partial charge is 0.337 e. The monoisotopic (exact) mass is 290 g/mol. The molecule has 0 spiro atoms. The van der Waals surface area contributed by atoms with Crippen molar-refractivity contribution in [2.24, 2.45) is 0 Å². The lowest BCUT2D eigenvalue weighted by Crippen LogP contribution is -2.38. The number of carbonyl (C=O) groups is 2. The zero-order valence-electron chi connectivity index (χ0n) is 11.5. The maximum Gasteiger partial charge on any atom is 0.254 e. The van der Waals surface area contributed by atoms with Gasteiger partial charge in [-0.1, -0.05) is 12.6 Å². The molecule has 20 heavy (non-hydrogen) atoms. The summed E-state index contributed by atoms with van der Waals surface area (Å²) >= 11 is 1.87. The molecule has 0 aromatic heterocycles. The van der Waals surface area contributed by atoms with Crippen LogP contribution in [0, 0.1) is 6.92 Å². The summed E-state index contributed by atoms with van der Waals surface area (Å²) in [4.78, 5) is 25.8. The third-order valence-electron chi connectivity index (χ3n) is 3.31. The topological polar surface area (TPSA) is 49.4 Å². The molecule has 2 rings (SSSR count). The molecule has 1 aromatic rings. The molecule has 2 amide bonds. The highest BCUT2D eigenvalue weighted by Crippen LogP contribution is 2.22. The molecule has 1 N–H and O–H groups in total. The molecule has 0 aliphatic carbocycles. The fraction of sp³-hybridized carbons (Fsp3) is 0.333. The highest BCUT2D eigenvalue weighted by molar-refractivity contribution is 7.99. The van der Waals surface area contributed by atoms with Crippen molar-refractivity contribution in [3.63, 3.8) is 0 Å². The van der Waals surface area contributed by atoms with Crippen LogP contribution in [0.15, 0.2) is 30.9 Å². The van der Waals surface area contributed by atoms with Crippen LogP contribution in [0.4, 0.5) is 5.69 Å². The lowest BCUT2D eigenvalue weighted by atomic mass is 10.1. The van der Waals surface area contributed by atoms with E-state index < -0.39 is 0 Å². The van der Waals surface area contributed by atoms with Crippen molar-refractivity contribution in [1.82, 2.24) is 4.90 Å². The lowest BCUT2D eigenvalue weighted by molar-refractivity contribution is -0.111. The zero-order chi connectivity index (χ0) is 14.5. The number of carbonyl (C=O) groups excluding carboxylic acids is 2. The number of thioether (sulfide) groups is 1. The zero-order valence-corrected chi connectivity index (χ0v) is 12.3. The summed E-state index contributed by atoms with van der Waals surface area (Å²) in [6.07, 6.45) is 1.22. The van der Waals surface area contributed by atoms with E-state index in [0.29, 0.717) is 11.3 Å². The summed E-state index contributed by atoms with van der Waals surface area (Å²) in [5, 5.41) is 2.73. The Morgan fingerprint density at radius 3 is 2.70 bits per heavy atom. The van der Waals surface area contributed by atoms with E-state index in [0.717, 1.165) is 30.2 Å².